The van der Waals surface area contributed by atoms with Crippen LogP contribution in [0.15, 0.2) is 12.1 Å². The lowest BCUT2D eigenvalue weighted by molar-refractivity contribution is 0.629. The maximum absolute atomic E-state index is 13.4. The molecule has 7 heteroatoms. The fourth-order valence-corrected chi connectivity index (χ4v) is 2.25. The van der Waals surface area contributed by atoms with Crippen LogP contribution in [0.3, 0.4) is 0 Å². The Morgan fingerprint density at radius 1 is 1.15 bits per heavy atom. The first-order valence-electron chi connectivity index (χ1n) is 5.87. The maximum atomic E-state index is 13.4. The second kappa shape index (κ2) is 6.12. The molecule has 0 amide bonds. The number of anilines is 2. The third-order valence-corrected chi connectivity index (χ3v) is 3.61. The van der Waals surface area contributed by atoms with E-state index in [9.17, 15) is 4.39 Å². The highest BCUT2D eigenvalue weighted by molar-refractivity contribution is 6.35. The number of aromatic nitrogens is 2. The van der Waals surface area contributed by atoms with E-state index in [1.165, 1.54) is 12.1 Å². The zero-order valence-electron chi connectivity index (χ0n) is 10.8. The predicted octanol–water partition coefficient (Wildman–Crippen LogP) is 5.19. The van der Waals surface area contributed by atoms with Gasteiger partial charge >= 0.3 is 0 Å². The van der Waals surface area contributed by atoms with Crippen LogP contribution in [0.5, 0.6) is 0 Å². The van der Waals surface area contributed by atoms with Crippen LogP contribution < -0.4 is 5.32 Å². The molecule has 3 nitrogen and oxygen atoms in total. The molecule has 0 spiro atoms. The second-order valence-electron chi connectivity index (χ2n) is 4.14. The minimum atomic E-state index is -0.648. The van der Waals surface area contributed by atoms with Gasteiger partial charge in [0, 0.05) is 17.7 Å². The molecule has 0 aliphatic carbocycles. The smallest absolute Gasteiger partial charge is 0.160 e. The third kappa shape index (κ3) is 3.14. The van der Waals surface area contributed by atoms with E-state index in [4.69, 9.17) is 34.8 Å². The number of halogens is 4. The maximum Gasteiger partial charge on any atom is 0.160 e. The molecule has 0 aliphatic heterocycles. The summed E-state index contributed by atoms with van der Waals surface area (Å²) in [5.74, 6) is 0.508. The van der Waals surface area contributed by atoms with E-state index >= 15 is 0 Å². The molecular formula is C13H11Cl3FN3. The van der Waals surface area contributed by atoms with Crippen molar-refractivity contribution in [2.24, 2.45) is 0 Å². The van der Waals surface area contributed by atoms with Gasteiger partial charge in [-0.2, -0.15) is 0 Å². The zero-order chi connectivity index (χ0) is 14.9. The summed E-state index contributed by atoms with van der Waals surface area (Å²) in [5.41, 5.74) is 1.22. The highest BCUT2D eigenvalue weighted by atomic mass is 35.5. The Hall–Kier alpha value is -1.10. The lowest BCUT2D eigenvalue weighted by Crippen LogP contribution is -2.03. The number of nitrogens with one attached hydrogen (secondary N) is 1. The van der Waals surface area contributed by atoms with Crippen molar-refractivity contribution >= 4 is 46.3 Å². The topological polar surface area (TPSA) is 37.8 Å². The predicted molar refractivity (Wildman–Crippen MR) is 80.9 cm³/mol. The molecule has 106 valence electrons. The van der Waals surface area contributed by atoms with Crippen molar-refractivity contribution in [2.45, 2.75) is 20.3 Å². The first kappa shape index (κ1) is 15.3. The summed E-state index contributed by atoms with van der Waals surface area (Å²) < 4.78 is 13.4. The average molecular weight is 335 g/mol. The monoisotopic (exact) mass is 333 g/mol. The lowest BCUT2D eigenvalue weighted by atomic mass is 10.2. The normalized spacial score (nSPS) is 10.7. The van der Waals surface area contributed by atoms with Crippen molar-refractivity contribution in [3.8, 4) is 0 Å². The quantitative estimate of drug-likeness (QED) is 0.620. The fraction of sp³-hybridized carbons (Fsp3) is 0.231. The molecule has 1 heterocycles. The molecule has 1 N–H and O–H groups in total. The molecule has 1 aromatic heterocycles. The molecule has 0 bridgehead atoms. The molecule has 0 radical (unpaired) electrons. The molecule has 0 fully saturated rings. The summed E-state index contributed by atoms with van der Waals surface area (Å²) in [6.45, 7) is 3.72. The molecule has 0 aliphatic rings. The molecule has 0 atom stereocenters. The summed E-state index contributed by atoms with van der Waals surface area (Å²) in [6, 6.07) is 2.87. The molecule has 0 saturated carbocycles. The van der Waals surface area contributed by atoms with Crippen molar-refractivity contribution in [1.29, 1.82) is 0 Å². The standard InChI is InChI=1S/C13H11Cl3FN3/c1-3-10-19-12(16)6(2)13(20-10)18-7-4-8(14)11(17)9(15)5-7/h4-5H,3H2,1-2H3,(H,18,19,20). The molecule has 20 heavy (non-hydrogen) atoms. The van der Waals surface area contributed by atoms with Gasteiger partial charge in [-0.15, -0.1) is 0 Å². The summed E-state index contributed by atoms with van der Waals surface area (Å²) in [6.07, 6.45) is 0.652. The van der Waals surface area contributed by atoms with Gasteiger partial charge in [-0.3, -0.25) is 0 Å². The Morgan fingerprint density at radius 3 is 2.30 bits per heavy atom. The van der Waals surface area contributed by atoms with Gasteiger partial charge in [-0.05, 0) is 19.1 Å². The Morgan fingerprint density at radius 2 is 1.75 bits per heavy atom. The molecule has 1 aromatic carbocycles. The van der Waals surface area contributed by atoms with Crippen LogP contribution in [0, 0.1) is 12.7 Å². The molecule has 2 aromatic rings. The first-order valence-corrected chi connectivity index (χ1v) is 7.00. The third-order valence-electron chi connectivity index (χ3n) is 2.70. The number of benzene rings is 1. The number of hydrogen-bond donors (Lipinski definition) is 1. The highest BCUT2D eigenvalue weighted by Gasteiger charge is 2.12. The van der Waals surface area contributed by atoms with Crippen LogP contribution in [0.2, 0.25) is 15.2 Å². The number of nitrogens with zero attached hydrogens (tertiary/aromatic N) is 2. The van der Waals surface area contributed by atoms with Crippen molar-refractivity contribution < 1.29 is 4.39 Å². The van der Waals surface area contributed by atoms with Gasteiger partial charge < -0.3 is 5.32 Å². The van der Waals surface area contributed by atoms with Crippen LogP contribution >= 0.6 is 34.8 Å². The van der Waals surface area contributed by atoms with Crippen LogP contribution in [-0.4, -0.2) is 9.97 Å². The average Bonchev–Trinajstić information content (AvgIpc) is 2.40. The minimum absolute atomic E-state index is 0.0616. The molecule has 0 saturated heterocycles. The van der Waals surface area contributed by atoms with E-state index in [-0.39, 0.29) is 10.0 Å². The minimum Gasteiger partial charge on any atom is -0.340 e. The Balaban J connectivity index is 2.42. The number of rotatable bonds is 3. The Bertz CT molecular complexity index is 639. The van der Waals surface area contributed by atoms with Gasteiger partial charge in [0.15, 0.2) is 5.82 Å². The van der Waals surface area contributed by atoms with Crippen molar-refractivity contribution in [3.63, 3.8) is 0 Å². The number of aryl methyl sites for hydroxylation is 1. The van der Waals surface area contributed by atoms with Crippen molar-refractivity contribution in [2.75, 3.05) is 5.32 Å². The van der Waals surface area contributed by atoms with Crippen LogP contribution in [0.4, 0.5) is 15.9 Å². The summed E-state index contributed by atoms with van der Waals surface area (Å²) >= 11 is 17.6. The largest absolute Gasteiger partial charge is 0.340 e. The lowest BCUT2D eigenvalue weighted by Gasteiger charge is -2.12. The van der Waals surface area contributed by atoms with E-state index in [1.807, 2.05) is 6.92 Å². The van der Waals surface area contributed by atoms with Crippen molar-refractivity contribution in [1.82, 2.24) is 9.97 Å². The summed E-state index contributed by atoms with van der Waals surface area (Å²) in [4.78, 5) is 8.49. The van der Waals surface area contributed by atoms with Gasteiger partial charge in [0.05, 0.1) is 10.0 Å². The van der Waals surface area contributed by atoms with E-state index in [0.29, 0.717) is 34.5 Å². The second-order valence-corrected chi connectivity index (χ2v) is 5.31. The van der Waals surface area contributed by atoms with Gasteiger partial charge in [-0.1, -0.05) is 41.7 Å². The van der Waals surface area contributed by atoms with Crippen LogP contribution in [0.25, 0.3) is 0 Å². The summed E-state index contributed by atoms with van der Waals surface area (Å²) in [7, 11) is 0. The van der Waals surface area contributed by atoms with Gasteiger partial charge in [0.1, 0.15) is 16.8 Å². The summed E-state index contributed by atoms with van der Waals surface area (Å²) in [5, 5.41) is 3.28. The Kier molecular flexibility index (Phi) is 4.68. The van der Waals surface area contributed by atoms with Crippen LogP contribution in [-0.2, 0) is 6.42 Å². The Labute approximate surface area is 131 Å². The van der Waals surface area contributed by atoms with E-state index in [2.05, 4.69) is 15.3 Å². The number of hydrogen-bond acceptors (Lipinski definition) is 3. The molecular weight excluding hydrogens is 324 g/mol. The van der Waals surface area contributed by atoms with E-state index in [0.717, 1.165) is 0 Å². The van der Waals surface area contributed by atoms with Crippen LogP contribution in [0.1, 0.15) is 18.3 Å². The van der Waals surface area contributed by atoms with Gasteiger partial charge in [0.25, 0.3) is 0 Å². The zero-order valence-corrected chi connectivity index (χ0v) is 13.0. The van der Waals surface area contributed by atoms with E-state index < -0.39 is 5.82 Å². The molecule has 0 unspecified atom stereocenters. The van der Waals surface area contributed by atoms with E-state index in [1.54, 1.807) is 6.92 Å². The van der Waals surface area contributed by atoms with Gasteiger partial charge in [0.2, 0.25) is 0 Å². The highest BCUT2D eigenvalue weighted by Crippen LogP contribution is 2.30. The first-order chi connectivity index (χ1) is 9.42. The fourth-order valence-electron chi connectivity index (χ4n) is 1.58. The SMILES string of the molecule is CCc1nc(Cl)c(C)c(Nc2cc(Cl)c(F)c(Cl)c2)n1. The van der Waals surface area contributed by atoms with Crippen molar-refractivity contribution in [3.05, 3.63) is 44.5 Å². The molecule has 2 rings (SSSR count). The van der Waals surface area contributed by atoms with Gasteiger partial charge in [-0.25, -0.2) is 14.4 Å².